The van der Waals surface area contributed by atoms with E-state index in [1.165, 1.54) is 11.3 Å². The van der Waals surface area contributed by atoms with E-state index in [9.17, 15) is 9.59 Å². The molecule has 24 heavy (non-hydrogen) atoms. The largest absolute Gasteiger partial charge is 0.326 e. The summed E-state index contributed by atoms with van der Waals surface area (Å²) in [6, 6.07) is 9.77. The van der Waals surface area contributed by atoms with Crippen LogP contribution in [0.15, 0.2) is 30.3 Å². The third-order valence-corrected chi connectivity index (χ3v) is 5.52. The van der Waals surface area contributed by atoms with Crippen LogP contribution in [0.1, 0.15) is 51.5 Å². The molecule has 3 rings (SSSR count). The molecule has 2 heterocycles. The van der Waals surface area contributed by atoms with Gasteiger partial charge in [-0.25, -0.2) is 9.69 Å². The fraction of sp³-hybridized carbons (Fsp3) is 0.579. The third-order valence-electron chi connectivity index (χ3n) is 5.52. The Morgan fingerprint density at radius 1 is 1.17 bits per heavy atom. The van der Waals surface area contributed by atoms with Gasteiger partial charge in [0, 0.05) is 12.6 Å². The molecule has 0 aromatic heterocycles. The van der Waals surface area contributed by atoms with Gasteiger partial charge in [0.25, 0.3) is 5.91 Å². The van der Waals surface area contributed by atoms with Gasteiger partial charge in [-0.05, 0) is 31.2 Å². The Morgan fingerprint density at radius 3 is 2.58 bits per heavy atom. The number of urea groups is 1. The van der Waals surface area contributed by atoms with Crippen LogP contribution >= 0.6 is 0 Å². The molecule has 2 fully saturated rings. The Morgan fingerprint density at radius 2 is 1.92 bits per heavy atom. The fourth-order valence-corrected chi connectivity index (χ4v) is 4.01. The van der Waals surface area contributed by atoms with Gasteiger partial charge in [0.05, 0.1) is 6.67 Å². The maximum absolute atomic E-state index is 13.2. The molecule has 2 aliphatic rings. The number of rotatable bonds is 5. The minimum atomic E-state index is -0.921. The normalized spacial score (nSPS) is 28.2. The van der Waals surface area contributed by atoms with Crippen molar-refractivity contribution in [1.29, 1.82) is 0 Å². The van der Waals surface area contributed by atoms with Crippen LogP contribution in [0, 0.1) is 0 Å². The van der Waals surface area contributed by atoms with Gasteiger partial charge in [-0.3, -0.25) is 9.69 Å². The smallest absolute Gasteiger partial charge is 0.319 e. The van der Waals surface area contributed by atoms with Gasteiger partial charge in [0.1, 0.15) is 5.54 Å². The number of imide groups is 1. The van der Waals surface area contributed by atoms with Crippen LogP contribution < -0.4 is 5.32 Å². The zero-order valence-electron chi connectivity index (χ0n) is 14.6. The second-order valence-electron chi connectivity index (χ2n) is 6.80. The van der Waals surface area contributed by atoms with Crippen molar-refractivity contribution in [2.75, 3.05) is 13.2 Å². The molecule has 1 N–H and O–H groups in total. The first-order valence-corrected chi connectivity index (χ1v) is 9.06. The minimum Gasteiger partial charge on any atom is -0.319 e. The van der Waals surface area contributed by atoms with Crippen molar-refractivity contribution in [2.24, 2.45) is 0 Å². The van der Waals surface area contributed by atoms with E-state index in [0.29, 0.717) is 19.1 Å². The number of hydrogen-bond donors (Lipinski definition) is 1. The van der Waals surface area contributed by atoms with E-state index in [1.807, 2.05) is 37.3 Å². The molecule has 0 unspecified atom stereocenters. The van der Waals surface area contributed by atoms with Crippen LogP contribution in [0.2, 0.25) is 0 Å². The first kappa shape index (κ1) is 17.0. The number of nitrogens with zero attached hydrogens (tertiary/aromatic N) is 2. The molecule has 5 heteroatoms. The highest BCUT2D eigenvalue weighted by molar-refractivity contribution is 6.07. The highest BCUT2D eigenvalue weighted by Gasteiger charge is 2.51. The van der Waals surface area contributed by atoms with Crippen molar-refractivity contribution in [3.63, 3.8) is 0 Å². The Hall–Kier alpha value is -1.88. The summed E-state index contributed by atoms with van der Waals surface area (Å²) >= 11 is 0. The number of hydrogen-bond acceptors (Lipinski definition) is 3. The lowest BCUT2D eigenvalue weighted by Gasteiger charge is -2.37. The van der Waals surface area contributed by atoms with E-state index in [4.69, 9.17) is 0 Å². The van der Waals surface area contributed by atoms with Gasteiger partial charge in [-0.1, -0.05) is 50.6 Å². The zero-order chi connectivity index (χ0) is 17.2. The molecule has 0 aliphatic carbocycles. The van der Waals surface area contributed by atoms with Gasteiger partial charge in [0.2, 0.25) is 0 Å². The van der Waals surface area contributed by atoms with Crippen LogP contribution in [-0.4, -0.2) is 41.0 Å². The molecule has 0 saturated carbocycles. The maximum atomic E-state index is 13.2. The van der Waals surface area contributed by atoms with Crippen molar-refractivity contribution in [3.8, 4) is 0 Å². The van der Waals surface area contributed by atoms with E-state index in [1.54, 1.807) is 0 Å². The molecule has 0 radical (unpaired) electrons. The van der Waals surface area contributed by atoms with Gasteiger partial charge in [0.15, 0.2) is 0 Å². The van der Waals surface area contributed by atoms with E-state index in [2.05, 4.69) is 17.1 Å². The number of carbonyl (C=O) groups is 2. The van der Waals surface area contributed by atoms with Crippen molar-refractivity contribution >= 4 is 11.9 Å². The van der Waals surface area contributed by atoms with E-state index in [-0.39, 0.29) is 11.9 Å². The number of likely N-dealkylation sites (tertiary alicyclic amines) is 1. The van der Waals surface area contributed by atoms with Crippen molar-refractivity contribution in [3.05, 3.63) is 35.9 Å². The summed E-state index contributed by atoms with van der Waals surface area (Å²) in [5, 5.41) is 2.97. The van der Waals surface area contributed by atoms with Gasteiger partial charge in [-0.15, -0.1) is 0 Å². The monoisotopic (exact) mass is 329 g/mol. The fourth-order valence-electron chi connectivity index (χ4n) is 4.01. The number of amides is 3. The Bertz CT molecular complexity index is 604. The van der Waals surface area contributed by atoms with E-state index in [0.717, 1.165) is 31.4 Å². The second-order valence-corrected chi connectivity index (χ2v) is 6.80. The van der Waals surface area contributed by atoms with Crippen LogP contribution in [0.3, 0.4) is 0 Å². The van der Waals surface area contributed by atoms with E-state index >= 15 is 0 Å². The quantitative estimate of drug-likeness (QED) is 0.845. The Kier molecular flexibility index (Phi) is 4.90. The van der Waals surface area contributed by atoms with Crippen LogP contribution in [-0.2, 0) is 10.3 Å². The summed E-state index contributed by atoms with van der Waals surface area (Å²) in [5.41, 5.74) is -0.0606. The maximum Gasteiger partial charge on any atom is 0.326 e. The topological polar surface area (TPSA) is 52.6 Å². The second kappa shape index (κ2) is 6.93. The Balaban J connectivity index is 1.83. The lowest BCUT2D eigenvalue weighted by Crippen LogP contribution is -2.49. The summed E-state index contributed by atoms with van der Waals surface area (Å²) in [5.74, 6) is -0.123. The van der Waals surface area contributed by atoms with Crippen LogP contribution in [0.5, 0.6) is 0 Å². The molecule has 3 amide bonds. The first-order valence-electron chi connectivity index (χ1n) is 9.06. The molecule has 2 atom stereocenters. The average molecular weight is 329 g/mol. The number of piperidine rings is 1. The highest BCUT2D eigenvalue weighted by Crippen LogP contribution is 2.33. The molecule has 1 aromatic rings. The number of nitrogens with one attached hydrogen (secondary N) is 1. The van der Waals surface area contributed by atoms with Gasteiger partial charge < -0.3 is 5.32 Å². The van der Waals surface area contributed by atoms with Crippen molar-refractivity contribution in [1.82, 2.24) is 15.1 Å². The molecule has 1 aromatic carbocycles. The lowest BCUT2D eigenvalue weighted by atomic mass is 9.87. The standard InChI is InChI=1S/C19H27N3O2/c1-3-16-12-8-9-13-21(16)14-22-17(23)19(4-2,20-18(22)24)15-10-6-5-7-11-15/h5-7,10-11,16H,3-4,8-9,12-14H2,1-2H3,(H,20,24)/t16-,19+/m0/s1. The molecule has 0 bridgehead atoms. The summed E-state index contributed by atoms with van der Waals surface area (Å²) in [7, 11) is 0. The SMILES string of the molecule is CC[C@H]1CCCCN1CN1C(=O)N[C@](CC)(c2ccccc2)C1=O. The molecule has 2 saturated heterocycles. The highest BCUT2D eigenvalue weighted by atomic mass is 16.2. The summed E-state index contributed by atoms with van der Waals surface area (Å²) in [6.07, 6.45) is 5.13. The molecular formula is C19H27N3O2. The minimum absolute atomic E-state index is 0.123. The predicted octanol–water partition coefficient (Wildman–Crippen LogP) is 3.07. The third kappa shape index (κ3) is 2.81. The van der Waals surface area contributed by atoms with Crippen molar-refractivity contribution in [2.45, 2.75) is 57.5 Å². The van der Waals surface area contributed by atoms with Gasteiger partial charge >= 0.3 is 6.03 Å². The molecule has 0 spiro atoms. The molecule has 130 valence electrons. The number of carbonyl (C=O) groups excluding carboxylic acids is 2. The first-order chi connectivity index (χ1) is 11.6. The van der Waals surface area contributed by atoms with Crippen LogP contribution in [0.25, 0.3) is 0 Å². The summed E-state index contributed by atoms with van der Waals surface area (Å²) in [6.45, 7) is 5.48. The predicted molar refractivity (Wildman–Crippen MR) is 93.3 cm³/mol. The molecular weight excluding hydrogens is 302 g/mol. The summed E-state index contributed by atoms with van der Waals surface area (Å²) in [4.78, 5) is 29.4. The molecule has 5 nitrogen and oxygen atoms in total. The lowest BCUT2D eigenvalue weighted by molar-refractivity contribution is -0.133. The molecule has 2 aliphatic heterocycles. The van der Waals surface area contributed by atoms with Gasteiger partial charge in [-0.2, -0.15) is 0 Å². The Labute approximate surface area is 144 Å². The zero-order valence-corrected chi connectivity index (χ0v) is 14.6. The van der Waals surface area contributed by atoms with E-state index < -0.39 is 5.54 Å². The average Bonchev–Trinajstić information content (AvgIpc) is 2.88. The summed E-state index contributed by atoms with van der Waals surface area (Å²) < 4.78 is 0. The van der Waals surface area contributed by atoms with Crippen LogP contribution in [0.4, 0.5) is 4.79 Å². The van der Waals surface area contributed by atoms with Crippen molar-refractivity contribution < 1.29 is 9.59 Å². The number of benzene rings is 1.